The Morgan fingerprint density at radius 1 is 1.26 bits per heavy atom. The van der Waals surface area contributed by atoms with Crippen LogP contribution in [0.1, 0.15) is 38.5 Å². The number of nitrogens with two attached hydrogens (primary N) is 1. The predicted molar refractivity (Wildman–Crippen MR) is 71.2 cm³/mol. The maximum absolute atomic E-state index is 12.7. The molecule has 5 nitrogen and oxygen atoms in total. The lowest BCUT2D eigenvalue weighted by atomic mass is 9.83. The van der Waals surface area contributed by atoms with Gasteiger partial charge in [0, 0.05) is 25.0 Å². The normalized spacial score (nSPS) is 38.8. The van der Waals surface area contributed by atoms with Gasteiger partial charge in [0.1, 0.15) is 0 Å². The van der Waals surface area contributed by atoms with E-state index >= 15 is 0 Å². The van der Waals surface area contributed by atoms with Gasteiger partial charge in [-0.25, -0.2) is 0 Å². The summed E-state index contributed by atoms with van der Waals surface area (Å²) in [7, 11) is 0. The third-order valence-electron chi connectivity index (χ3n) is 4.95. The van der Waals surface area contributed by atoms with Crippen molar-refractivity contribution >= 4 is 11.8 Å². The van der Waals surface area contributed by atoms with E-state index in [1.54, 1.807) is 0 Å². The van der Waals surface area contributed by atoms with Gasteiger partial charge in [-0.1, -0.05) is 6.42 Å². The third kappa shape index (κ3) is 2.36. The topological polar surface area (TPSA) is 75.4 Å². The van der Waals surface area contributed by atoms with E-state index in [9.17, 15) is 9.59 Å². The largest absolute Gasteiger partial charge is 0.354 e. The first-order valence-corrected chi connectivity index (χ1v) is 7.50. The van der Waals surface area contributed by atoms with Crippen LogP contribution in [0.3, 0.4) is 0 Å². The van der Waals surface area contributed by atoms with Crippen LogP contribution in [0.25, 0.3) is 0 Å². The summed E-state index contributed by atoms with van der Waals surface area (Å²) in [5.41, 5.74) is 5.98. The standard InChI is InChI=1S/C14H23N3O2/c15-10-4-1-3-9(7-10)14(19)17-6-2-5-11-12(17)8-16-13(11)18/h9-12H,1-8,15H2,(H,16,18). The lowest BCUT2D eigenvalue weighted by Gasteiger charge is -2.39. The molecule has 0 spiro atoms. The number of likely N-dealkylation sites (tertiary alicyclic amines) is 1. The van der Waals surface area contributed by atoms with Crippen molar-refractivity contribution in [2.24, 2.45) is 17.6 Å². The average molecular weight is 265 g/mol. The van der Waals surface area contributed by atoms with Crippen LogP contribution in [0.2, 0.25) is 0 Å². The molecule has 19 heavy (non-hydrogen) atoms. The molecule has 0 radical (unpaired) electrons. The van der Waals surface area contributed by atoms with Crippen LogP contribution < -0.4 is 11.1 Å². The molecule has 3 rings (SSSR count). The summed E-state index contributed by atoms with van der Waals surface area (Å²) in [5.74, 6) is 0.470. The van der Waals surface area contributed by atoms with Gasteiger partial charge in [0.25, 0.3) is 0 Å². The molecule has 2 amide bonds. The van der Waals surface area contributed by atoms with Crippen molar-refractivity contribution in [3.05, 3.63) is 0 Å². The van der Waals surface area contributed by atoms with Gasteiger partial charge in [-0.3, -0.25) is 9.59 Å². The Labute approximate surface area is 113 Å². The molecule has 0 bridgehead atoms. The maximum atomic E-state index is 12.7. The van der Waals surface area contributed by atoms with Gasteiger partial charge in [0.15, 0.2) is 0 Å². The van der Waals surface area contributed by atoms with Crippen molar-refractivity contribution in [1.82, 2.24) is 10.2 Å². The lowest BCUT2D eigenvalue weighted by molar-refractivity contribution is -0.142. The first-order chi connectivity index (χ1) is 9.16. The van der Waals surface area contributed by atoms with Gasteiger partial charge in [0.05, 0.1) is 12.0 Å². The summed E-state index contributed by atoms with van der Waals surface area (Å²) in [6, 6.07) is 0.263. The highest BCUT2D eigenvalue weighted by molar-refractivity contribution is 5.85. The number of nitrogens with one attached hydrogen (secondary N) is 1. The number of amides is 2. The number of rotatable bonds is 1. The number of nitrogens with zero attached hydrogens (tertiary/aromatic N) is 1. The number of carbonyl (C=O) groups excluding carboxylic acids is 2. The molecule has 0 aromatic heterocycles. The zero-order valence-corrected chi connectivity index (χ0v) is 11.3. The molecule has 1 aliphatic carbocycles. The Balaban J connectivity index is 1.70. The van der Waals surface area contributed by atoms with Gasteiger partial charge >= 0.3 is 0 Å². The monoisotopic (exact) mass is 265 g/mol. The van der Waals surface area contributed by atoms with E-state index in [0.29, 0.717) is 6.54 Å². The van der Waals surface area contributed by atoms with E-state index in [1.807, 2.05) is 4.90 Å². The smallest absolute Gasteiger partial charge is 0.226 e. The maximum Gasteiger partial charge on any atom is 0.226 e. The second-order valence-electron chi connectivity index (χ2n) is 6.22. The van der Waals surface area contributed by atoms with Crippen LogP contribution in [0.4, 0.5) is 0 Å². The molecular formula is C14H23N3O2. The molecule has 3 N–H and O–H groups in total. The first-order valence-electron chi connectivity index (χ1n) is 7.50. The minimum absolute atomic E-state index is 0.0231. The molecule has 0 aromatic carbocycles. The quantitative estimate of drug-likeness (QED) is 0.713. The third-order valence-corrected chi connectivity index (χ3v) is 4.95. The number of fused-ring (bicyclic) bond motifs is 1. The van der Waals surface area contributed by atoms with Crippen LogP contribution in [0, 0.1) is 11.8 Å². The number of piperidine rings is 1. The highest BCUT2D eigenvalue weighted by Crippen LogP contribution is 2.31. The van der Waals surface area contributed by atoms with E-state index in [4.69, 9.17) is 5.73 Å². The Bertz CT molecular complexity index is 385. The van der Waals surface area contributed by atoms with Crippen LogP contribution >= 0.6 is 0 Å². The molecule has 2 heterocycles. The van der Waals surface area contributed by atoms with Crippen molar-refractivity contribution in [3.8, 4) is 0 Å². The summed E-state index contributed by atoms with van der Waals surface area (Å²) in [5, 5.41) is 2.90. The van der Waals surface area contributed by atoms with Gasteiger partial charge in [-0.2, -0.15) is 0 Å². The van der Waals surface area contributed by atoms with E-state index in [2.05, 4.69) is 5.32 Å². The molecule has 4 unspecified atom stereocenters. The fourth-order valence-corrected chi connectivity index (χ4v) is 3.91. The minimum Gasteiger partial charge on any atom is -0.354 e. The highest BCUT2D eigenvalue weighted by Gasteiger charge is 2.44. The first kappa shape index (κ1) is 12.9. The minimum atomic E-state index is 0.0231. The zero-order valence-electron chi connectivity index (χ0n) is 11.3. The molecule has 5 heteroatoms. The summed E-state index contributed by atoms with van der Waals surface area (Å²) >= 11 is 0. The number of hydrogen-bond acceptors (Lipinski definition) is 3. The number of carbonyl (C=O) groups is 2. The predicted octanol–water partition coefficient (Wildman–Crippen LogP) is 0.241. The molecule has 2 saturated heterocycles. The van der Waals surface area contributed by atoms with Crippen molar-refractivity contribution in [1.29, 1.82) is 0 Å². The van der Waals surface area contributed by atoms with Gasteiger partial charge in [0.2, 0.25) is 11.8 Å². The zero-order chi connectivity index (χ0) is 13.4. The van der Waals surface area contributed by atoms with Crippen LogP contribution in [-0.2, 0) is 9.59 Å². The Morgan fingerprint density at radius 3 is 2.89 bits per heavy atom. The second-order valence-corrected chi connectivity index (χ2v) is 6.22. The number of hydrogen-bond donors (Lipinski definition) is 2. The highest BCUT2D eigenvalue weighted by atomic mass is 16.2. The summed E-state index contributed by atoms with van der Waals surface area (Å²) < 4.78 is 0. The molecule has 106 valence electrons. The van der Waals surface area contributed by atoms with Gasteiger partial charge < -0.3 is 16.0 Å². The lowest BCUT2D eigenvalue weighted by Crippen LogP contribution is -2.51. The van der Waals surface area contributed by atoms with Crippen LogP contribution in [-0.4, -0.2) is 41.9 Å². The van der Waals surface area contributed by atoms with Gasteiger partial charge in [-0.15, -0.1) is 0 Å². The molecule has 3 aliphatic rings. The summed E-state index contributed by atoms with van der Waals surface area (Å²) in [6.45, 7) is 1.44. The average Bonchev–Trinajstić information content (AvgIpc) is 2.80. The molecule has 3 fully saturated rings. The molecule has 2 aliphatic heterocycles. The Kier molecular flexibility index (Phi) is 3.48. The second kappa shape index (κ2) is 5.12. The fourth-order valence-electron chi connectivity index (χ4n) is 3.91. The van der Waals surface area contributed by atoms with Crippen LogP contribution in [0.15, 0.2) is 0 Å². The van der Waals surface area contributed by atoms with Gasteiger partial charge in [-0.05, 0) is 32.1 Å². The fraction of sp³-hybridized carbons (Fsp3) is 0.857. The van der Waals surface area contributed by atoms with Crippen molar-refractivity contribution in [2.75, 3.05) is 13.1 Å². The SMILES string of the molecule is NC1CCCC(C(=O)N2CCCC3C(=O)NCC32)C1. The van der Waals surface area contributed by atoms with E-state index in [-0.39, 0.29) is 35.7 Å². The Morgan fingerprint density at radius 2 is 2.11 bits per heavy atom. The molecule has 4 atom stereocenters. The van der Waals surface area contributed by atoms with Crippen molar-refractivity contribution in [2.45, 2.75) is 50.6 Å². The molecule has 1 saturated carbocycles. The van der Waals surface area contributed by atoms with Crippen molar-refractivity contribution in [3.63, 3.8) is 0 Å². The van der Waals surface area contributed by atoms with Crippen LogP contribution in [0.5, 0.6) is 0 Å². The van der Waals surface area contributed by atoms with E-state index in [1.165, 1.54) is 0 Å². The van der Waals surface area contributed by atoms with E-state index in [0.717, 1.165) is 45.1 Å². The van der Waals surface area contributed by atoms with Crippen molar-refractivity contribution < 1.29 is 9.59 Å². The molecule has 0 aromatic rings. The summed E-state index contributed by atoms with van der Waals surface area (Å²) in [6.07, 6.45) is 5.73. The Hall–Kier alpha value is -1.10. The van der Waals surface area contributed by atoms with E-state index < -0.39 is 0 Å². The molecular weight excluding hydrogens is 242 g/mol. The summed E-state index contributed by atoms with van der Waals surface area (Å²) in [4.78, 5) is 26.4.